The van der Waals surface area contributed by atoms with Gasteiger partial charge >= 0.3 is 0 Å². The molecule has 4 nitrogen and oxygen atoms in total. The van der Waals surface area contributed by atoms with Gasteiger partial charge in [-0.3, -0.25) is 9.00 Å². The van der Waals surface area contributed by atoms with E-state index in [1.54, 1.807) is 6.26 Å². The van der Waals surface area contributed by atoms with Crippen LogP contribution in [0.4, 0.5) is 0 Å². The number of rotatable bonds is 7. The predicted octanol–water partition coefficient (Wildman–Crippen LogP) is 0.626. The number of nitrogens with two attached hydrogens (primary N) is 1. The van der Waals surface area contributed by atoms with Crippen LogP contribution in [0.15, 0.2) is 30.3 Å². The summed E-state index contributed by atoms with van der Waals surface area (Å²) < 4.78 is 10.9. The van der Waals surface area contributed by atoms with Crippen molar-refractivity contribution in [1.29, 1.82) is 0 Å². The first-order valence-corrected chi connectivity index (χ1v) is 8.05. The number of carbonyl (C=O) groups is 1. The van der Waals surface area contributed by atoms with Gasteiger partial charge in [0.05, 0.1) is 10.9 Å². The van der Waals surface area contributed by atoms with Crippen molar-refractivity contribution in [1.82, 2.24) is 5.32 Å². The highest BCUT2D eigenvalue weighted by Crippen LogP contribution is 2.09. The van der Waals surface area contributed by atoms with Crippen LogP contribution >= 0.6 is 12.2 Å². The molecule has 1 rings (SSSR count). The molecule has 1 aromatic carbocycles. The Hall–Kier alpha value is -1.27. The van der Waals surface area contributed by atoms with Crippen LogP contribution in [0.5, 0.6) is 0 Å². The van der Waals surface area contributed by atoms with Gasteiger partial charge in [-0.25, -0.2) is 0 Å². The van der Waals surface area contributed by atoms with Gasteiger partial charge in [0.2, 0.25) is 5.91 Å². The van der Waals surface area contributed by atoms with Crippen LogP contribution in [-0.2, 0) is 22.0 Å². The fourth-order valence-corrected chi connectivity index (χ4v) is 2.19. The second kappa shape index (κ2) is 8.01. The molecule has 19 heavy (non-hydrogen) atoms. The molecule has 0 radical (unpaired) electrons. The minimum Gasteiger partial charge on any atom is -0.393 e. The Morgan fingerprint density at radius 3 is 2.58 bits per heavy atom. The van der Waals surface area contributed by atoms with E-state index in [1.165, 1.54) is 0 Å². The third kappa shape index (κ3) is 5.94. The summed E-state index contributed by atoms with van der Waals surface area (Å²) in [5, 5.41) is 2.72. The SMILES string of the molecule is CS(=O)CCNC(=O)C(Cc1ccccc1)C(N)=S. The fraction of sp³-hybridized carbons (Fsp3) is 0.385. The molecule has 6 heteroatoms. The van der Waals surface area contributed by atoms with Crippen LogP contribution in [0.25, 0.3) is 0 Å². The van der Waals surface area contributed by atoms with Crippen molar-refractivity contribution >= 4 is 33.9 Å². The highest BCUT2D eigenvalue weighted by molar-refractivity contribution is 7.84. The van der Waals surface area contributed by atoms with Crippen molar-refractivity contribution in [3.63, 3.8) is 0 Å². The Balaban J connectivity index is 2.59. The standard InChI is InChI=1S/C13H18N2O2S2/c1-19(17)8-7-15-13(16)11(12(14)18)9-10-5-3-2-4-6-10/h2-6,11H,7-9H2,1H3,(H2,14,18)(H,15,16). The summed E-state index contributed by atoms with van der Waals surface area (Å²) in [5.41, 5.74) is 6.64. The first-order chi connectivity index (χ1) is 9.00. The summed E-state index contributed by atoms with van der Waals surface area (Å²) in [6.45, 7) is 0.371. The third-order valence-corrected chi connectivity index (χ3v) is 3.69. The minimum absolute atomic E-state index is 0.180. The highest BCUT2D eigenvalue weighted by atomic mass is 32.2. The molecule has 0 spiro atoms. The lowest BCUT2D eigenvalue weighted by Gasteiger charge is -2.15. The van der Waals surface area contributed by atoms with E-state index < -0.39 is 16.7 Å². The molecule has 0 saturated heterocycles. The Bertz CT molecular complexity index is 463. The molecule has 0 aliphatic carbocycles. The molecule has 0 heterocycles. The molecule has 2 atom stereocenters. The number of hydrogen-bond donors (Lipinski definition) is 2. The van der Waals surface area contributed by atoms with Crippen LogP contribution in [0.3, 0.4) is 0 Å². The number of nitrogens with one attached hydrogen (secondary N) is 1. The zero-order chi connectivity index (χ0) is 14.3. The van der Waals surface area contributed by atoms with E-state index in [-0.39, 0.29) is 10.9 Å². The van der Waals surface area contributed by atoms with Gasteiger partial charge in [0, 0.05) is 29.4 Å². The highest BCUT2D eigenvalue weighted by Gasteiger charge is 2.21. The maximum Gasteiger partial charge on any atom is 0.230 e. The molecule has 104 valence electrons. The number of thiocarbonyl (C=S) groups is 1. The van der Waals surface area contributed by atoms with Crippen LogP contribution < -0.4 is 11.1 Å². The third-order valence-electron chi connectivity index (χ3n) is 2.63. The quantitative estimate of drug-likeness (QED) is 0.724. The molecule has 2 unspecified atom stereocenters. The van der Waals surface area contributed by atoms with Crippen LogP contribution in [-0.4, -0.2) is 33.7 Å². The monoisotopic (exact) mass is 298 g/mol. The van der Waals surface area contributed by atoms with Crippen molar-refractivity contribution in [2.75, 3.05) is 18.6 Å². The molecular weight excluding hydrogens is 280 g/mol. The number of benzene rings is 1. The zero-order valence-electron chi connectivity index (χ0n) is 10.8. The summed E-state index contributed by atoms with van der Waals surface area (Å²) in [4.78, 5) is 12.2. The van der Waals surface area contributed by atoms with E-state index >= 15 is 0 Å². The van der Waals surface area contributed by atoms with Crippen LogP contribution in [0.2, 0.25) is 0 Å². The van der Waals surface area contributed by atoms with Crippen molar-refractivity contribution in [2.24, 2.45) is 11.7 Å². The van der Waals surface area contributed by atoms with Gasteiger partial charge < -0.3 is 11.1 Å². The van der Waals surface area contributed by atoms with E-state index in [9.17, 15) is 9.00 Å². The molecule has 0 saturated carbocycles. The number of carbonyl (C=O) groups excluding carboxylic acids is 1. The van der Waals surface area contributed by atoms with E-state index in [2.05, 4.69) is 5.32 Å². The van der Waals surface area contributed by atoms with E-state index in [0.717, 1.165) is 5.56 Å². The molecule has 0 bridgehead atoms. The number of hydrogen-bond acceptors (Lipinski definition) is 3. The predicted molar refractivity (Wildman–Crippen MR) is 82.4 cm³/mol. The van der Waals surface area contributed by atoms with E-state index in [0.29, 0.717) is 18.7 Å². The molecular formula is C13H18N2O2S2. The number of amides is 1. The van der Waals surface area contributed by atoms with Gasteiger partial charge in [-0.05, 0) is 12.0 Å². The maximum absolute atomic E-state index is 12.0. The van der Waals surface area contributed by atoms with Crippen molar-refractivity contribution < 1.29 is 9.00 Å². The normalized spacial score (nSPS) is 13.5. The largest absolute Gasteiger partial charge is 0.393 e. The molecule has 1 aromatic rings. The summed E-state index contributed by atoms with van der Waals surface area (Å²) in [7, 11) is -0.923. The molecule has 0 aliphatic rings. The second-order valence-corrected chi connectivity index (χ2v) is 6.24. The van der Waals surface area contributed by atoms with Gasteiger partial charge in [-0.15, -0.1) is 0 Å². The van der Waals surface area contributed by atoms with Gasteiger partial charge in [0.25, 0.3) is 0 Å². The Kier molecular flexibility index (Phi) is 6.66. The first kappa shape index (κ1) is 15.8. The average molecular weight is 298 g/mol. The van der Waals surface area contributed by atoms with Gasteiger partial charge in [-0.1, -0.05) is 42.5 Å². The summed E-state index contributed by atoms with van der Waals surface area (Å²) in [6.07, 6.45) is 2.08. The lowest BCUT2D eigenvalue weighted by molar-refractivity contribution is -0.122. The summed E-state index contributed by atoms with van der Waals surface area (Å²) >= 11 is 4.95. The topological polar surface area (TPSA) is 72.2 Å². The van der Waals surface area contributed by atoms with Gasteiger partial charge in [0.1, 0.15) is 0 Å². The van der Waals surface area contributed by atoms with Crippen molar-refractivity contribution in [3.05, 3.63) is 35.9 Å². The van der Waals surface area contributed by atoms with E-state index in [1.807, 2.05) is 30.3 Å². The Morgan fingerprint density at radius 1 is 1.42 bits per heavy atom. The molecule has 3 N–H and O–H groups in total. The van der Waals surface area contributed by atoms with Crippen LogP contribution in [0, 0.1) is 5.92 Å². The lowest BCUT2D eigenvalue weighted by atomic mass is 9.98. The van der Waals surface area contributed by atoms with Gasteiger partial charge in [-0.2, -0.15) is 0 Å². The maximum atomic E-state index is 12.0. The van der Waals surface area contributed by atoms with E-state index in [4.69, 9.17) is 18.0 Å². The summed E-state index contributed by atoms with van der Waals surface area (Å²) in [6, 6.07) is 9.59. The second-order valence-electron chi connectivity index (χ2n) is 4.21. The minimum atomic E-state index is -0.923. The molecule has 0 fully saturated rings. The van der Waals surface area contributed by atoms with Crippen LogP contribution in [0.1, 0.15) is 5.56 Å². The fourth-order valence-electron chi connectivity index (χ4n) is 1.61. The van der Waals surface area contributed by atoms with Crippen molar-refractivity contribution in [3.8, 4) is 0 Å². The van der Waals surface area contributed by atoms with Gasteiger partial charge in [0.15, 0.2) is 0 Å². The molecule has 0 aliphatic heterocycles. The van der Waals surface area contributed by atoms with Crippen molar-refractivity contribution in [2.45, 2.75) is 6.42 Å². The summed E-state index contributed by atoms with van der Waals surface area (Å²) in [5.74, 6) is -0.300. The Labute approximate surface area is 121 Å². The molecule has 0 aromatic heterocycles. The zero-order valence-corrected chi connectivity index (χ0v) is 12.4. The average Bonchev–Trinajstić information content (AvgIpc) is 2.36. The first-order valence-electron chi connectivity index (χ1n) is 5.91. The smallest absolute Gasteiger partial charge is 0.230 e. The molecule has 1 amide bonds. The lowest BCUT2D eigenvalue weighted by Crippen LogP contribution is -2.40. The Morgan fingerprint density at radius 2 is 2.05 bits per heavy atom.